The highest BCUT2D eigenvalue weighted by atomic mass is 35.5. The molecule has 3 rings (SSSR count). The predicted molar refractivity (Wildman–Crippen MR) is 78.8 cm³/mol. The van der Waals surface area contributed by atoms with E-state index >= 15 is 0 Å². The molecule has 0 radical (unpaired) electrons. The fourth-order valence-electron chi connectivity index (χ4n) is 1.88. The highest BCUT2D eigenvalue weighted by Gasteiger charge is 2.09. The molecule has 6 heteroatoms. The topological polar surface area (TPSA) is 50.8 Å². The smallest absolute Gasteiger partial charge is 0.180 e. The second-order valence-electron chi connectivity index (χ2n) is 4.29. The highest BCUT2D eigenvalue weighted by molar-refractivity contribution is 6.37. The molecule has 3 aromatic rings. The van der Waals surface area contributed by atoms with Gasteiger partial charge in [-0.25, -0.2) is 9.97 Å². The summed E-state index contributed by atoms with van der Waals surface area (Å²) in [6.45, 7) is 0.888. The summed E-state index contributed by atoms with van der Waals surface area (Å²) in [7, 11) is 0. The summed E-state index contributed by atoms with van der Waals surface area (Å²) in [5.41, 5.74) is 2.29. The Morgan fingerprint density at radius 1 is 1.05 bits per heavy atom. The van der Waals surface area contributed by atoms with Crippen molar-refractivity contribution in [3.05, 3.63) is 58.0 Å². The third-order valence-electron chi connectivity index (χ3n) is 2.78. The Labute approximate surface area is 125 Å². The van der Waals surface area contributed by atoms with Gasteiger partial charge >= 0.3 is 0 Å². The van der Waals surface area contributed by atoms with E-state index in [1.807, 2.05) is 30.3 Å². The van der Waals surface area contributed by atoms with E-state index < -0.39 is 0 Å². The minimum absolute atomic E-state index is 0.325. The molecule has 2 aromatic heterocycles. The summed E-state index contributed by atoms with van der Waals surface area (Å²) in [5, 5.41) is 0.826. The van der Waals surface area contributed by atoms with Gasteiger partial charge in [0.05, 0.1) is 11.6 Å². The minimum Gasteiger partial charge on any atom is -0.369 e. The van der Waals surface area contributed by atoms with Crippen LogP contribution in [0, 0.1) is 0 Å². The number of nitrogens with one attached hydrogen (secondary N) is 1. The monoisotopic (exact) mass is 307 g/mol. The van der Waals surface area contributed by atoms with Crippen molar-refractivity contribution in [2.45, 2.75) is 13.2 Å². The molecule has 0 fully saturated rings. The van der Waals surface area contributed by atoms with E-state index in [1.54, 1.807) is 6.07 Å². The molecule has 0 bridgehead atoms. The molecule has 0 saturated carbocycles. The Kier molecular flexibility index (Phi) is 3.87. The van der Waals surface area contributed by atoms with Crippen molar-refractivity contribution in [3.8, 4) is 0 Å². The number of aromatic nitrogens is 3. The minimum atomic E-state index is 0.325. The normalized spacial score (nSPS) is 11.1. The van der Waals surface area contributed by atoms with Crippen LogP contribution in [0.3, 0.4) is 0 Å². The summed E-state index contributed by atoms with van der Waals surface area (Å²) >= 11 is 11.9. The quantitative estimate of drug-likeness (QED) is 0.742. The molecule has 0 aliphatic carbocycles. The molecule has 4 nitrogen and oxygen atoms in total. The summed E-state index contributed by atoms with van der Waals surface area (Å²) in [5.74, 6) is 0.674. The second kappa shape index (κ2) is 5.79. The number of hydrogen-bond acceptors (Lipinski definition) is 3. The summed E-state index contributed by atoms with van der Waals surface area (Å²) in [6, 6.07) is 11.5. The van der Waals surface area contributed by atoms with Gasteiger partial charge in [-0.3, -0.25) is 0 Å². The van der Waals surface area contributed by atoms with Gasteiger partial charge in [0.15, 0.2) is 5.65 Å². The van der Waals surface area contributed by atoms with Gasteiger partial charge in [0.2, 0.25) is 0 Å². The number of pyridine rings is 1. The molecular formula is C14H11Cl2N3O. The lowest BCUT2D eigenvalue weighted by atomic mass is 10.2. The number of imidazole rings is 1. The number of fused-ring (bicyclic) bond motifs is 1. The van der Waals surface area contributed by atoms with Crippen molar-refractivity contribution in [2.75, 3.05) is 0 Å². The number of nitrogens with zero attached hydrogens (tertiary/aromatic N) is 2. The fraction of sp³-hybridized carbons (Fsp3) is 0.143. The van der Waals surface area contributed by atoms with Gasteiger partial charge in [0.1, 0.15) is 23.1 Å². The first-order valence-corrected chi connectivity index (χ1v) is 6.80. The number of H-pyrrole nitrogens is 1. The van der Waals surface area contributed by atoms with Crippen molar-refractivity contribution >= 4 is 34.4 Å². The molecule has 1 N–H and O–H groups in total. The summed E-state index contributed by atoms with van der Waals surface area (Å²) in [6.07, 6.45) is 0. The van der Waals surface area contributed by atoms with E-state index in [4.69, 9.17) is 27.9 Å². The maximum atomic E-state index is 6.07. The Balaban J connectivity index is 1.70. The van der Waals surface area contributed by atoms with Crippen LogP contribution in [-0.2, 0) is 18.0 Å². The zero-order valence-electron chi connectivity index (χ0n) is 10.4. The van der Waals surface area contributed by atoms with E-state index in [-0.39, 0.29) is 0 Å². The van der Waals surface area contributed by atoms with E-state index in [0.29, 0.717) is 40.4 Å². The molecule has 20 heavy (non-hydrogen) atoms. The first kappa shape index (κ1) is 13.4. The molecular weight excluding hydrogens is 297 g/mol. The van der Waals surface area contributed by atoms with Crippen LogP contribution < -0.4 is 0 Å². The Bertz CT molecular complexity index is 728. The number of benzene rings is 1. The maximum absolute atomic E-state index is 6.07. The number of ether oxygens (including phenoxy) is 1. The fourth-order valence-corrected chi connectivity index (χ4v) is 2.36. The van der Waals surface area contributed by atoms with E-state index in [2.05, 4.69) is 15.0 Å². The van der Waals surface area contributed by atoms with Crippen LogP contribution in [0.2, 0.25) is 10.2 Å². The number of hydrogen-bond donors (Lipinski definition) is 1. The zero-order chi connectivity index (χ0) is 13.9. The average Bonchev–Trinajstić information content (AvgIpc) is 2.83. The average molecular weight is 308 g/mol. The van der Waals surface area contributed by atoms with Crippen LogP contribution in [-0.4, -0.2) is 15.0 Å². The third kappa shape index (κ3) is 2.93. The summed E-state index contributed by atoms with van der Waals surface area (Å²) in [4.78, 5) is 11.5. The molecule has 0 amide bonds. The second-order valence-corrected chi connectivity index (χ2v) is 5.08. The van der Waals surface area contributed by atoms with Gasteiger partial charge in [-0.1, -0.05) is 53.5 Å². The molecule has 1 aromatic carbocycles. The largest absolute Gasteiger partial charge is 0.369 e. The molecule has 0 saturated heterocycles. The van der Waals surface area contributed by atoms with Crippen molar-refractivity contribution in [1.82, 2.24) is 15.0 Å². The van der Waals surface area contributed by atoms with Gasteiger partial charge in [0.25, 0.3) is 0 Å². The Morgan fingerprint density at radius 2 is 1.85 bits per heavy atom. The van der Waals surface area contributed by atoms with E-state index in [9.17, 15) is 0 Å². The van der Waals surface area contributed by atoms with Gasteiger partial charge in [-0.15, -0.1) is 0 Å². The van der Waals surface area contributed by atoms with Gasteiger partial charge < -0.3 is 9.72 Å². The molecule has 102 valence electrons. The standard InChI is InChI=1S/C14H11Cl2N3O/c15-10-6-11(16)17-14-13(10)18-12(19-14)8-20-7-9-4-2-1-3-5-9/h1-6H,7-8H2,(H,17,18,19). The third-order valence-corrected chi connectivity index (χ3v) is 3.27. The molecule has 0 aliphatic heterocycles. The van der Waals surface area contributed by atoms with Crippen molar-refractivity contribution in [3.63, 3.8) is 0 Å². The Morgan fingerprint density at radius 3 is 2.65 bits per heavy atom. The molecule has 0 atom stereocenters. The van der Waals surface area contributed by atoms with E-state index in [0.717, 1.165) is 5.56 Å². The molecule has 2 heterocycles. The van der Waals surface area contributed by atoms with Gasteiger partial charge in [0, 0.05) is 0 Å². The van der Waals surface area contributed by atoms with Crippen molar-refractivity contribution < 1.29 is 4.74 Å². The number of rotatable bonds is 4. The lowest BCUT2D eigenvalue weighted by molar-refractivity contribution is 0.102. The van der Waals surface area contributed by atoms with Crippen LogP contribution in [0.1, 0.15) is 11.4 Å². The van der Waals surface area contributed by atoms with Gasteiger partial charge in [-0.2, -0.15) is 0 Å². The van der Waals surface area contributed by atoms with Crippen LogP contribution in [0.5, 0.6) is 0 Å². The summed E-state index contributed by atoms with van der Waals surface area (Å²) < 4.78 is 5.61. The van der Waals surface area contributed by atoms with Crippen molar-refractivity contribution in [1.29, 1.82) is 0 Å². The lowest BCUT2D eigenvalue weighted by Gasteiger charge is -2.01. The van der Waals surface area contributed by atoms with Crippen molar-refractivity contribution in [2.24, 2.45) is 0 Å². The lowest BCUT2D eigenvalue weighted by Crippen LogP contribution is -1.95. The molecule has 0 unspecified atom stereocenters. The maximum Gasteiger partial charge on any atom is 0.180 e. The number of aromatic amines is 1. The van der Waals surface area contributed by atoms with Crippen LogP contribution in [0.25, 0.3) is 11.2 Å². The van der Waals surface area contributed by atoms with E-state index in [1.165, 1.54) is 0 Å². The van der Waals surface area contributed by atoms with Crippen LogP contribution in [0.15, 0.2) is 36.4 Å². The van der Waals surface area contributed by atoms with Gasteiger partial charge in [-0.05, 0) is 11.6 Å². The predicted octanol–water partition coefficient (Wildman–Crippen LogP) is 3.98. The molecule has 0 aliphatic rings. The first-order chi connectivity index (χ1) is 9.72. The van der Waals surface area contributed by atoms with Crippen LogP contribution in [0.4, 0.5) is 0 Å². The van der Waals surface area contributed by atoms with Crippen LogP contribution >= 0.6 is 23.2 Å². The highest BCUT2D eigenvalue weighted by Crippen LogP contribution is 2.23. The zero-order valence-corrected chi connectivity index (χ0v) is 11.9. The SMILES string of the molecule is Clc1cc(Cl)c2[nH]c(COCc3ccccc3)nc2n1. The first-order valence-electron chi connectivity index (χ1n) is 6.04. The number of halogens is 2. The Hall–Kier alpha value is -1.62. The molecule has 0 spiro atoms.